The van der Waals surface area contributed by atoms with Crippen LogP contribution >= 0.6 is 0 Å². The molecular weight excluding hydrogens is 494 g/mol. The number of carbonyl (C=O) groups is 1. The molecule has 4 heterocycles. The van der Waals surface area contributed by atoms with Crippen LogP contribution in [0.4, 0.5) is 8.78 Å². The lowest BCUT2D eigenvalue weighted by Gasteiger charge is -2.29. The van der Waals surface area contributed by atoms with Crippen molar-refractivity contribution in [2.75, 3.05) is 27.3 Å². The summed E-state index contributed by atoms with van der Waals surface area (Å²) in [5.74, 6) is -0.686. The number of rotatable bonds is 5. The zero-order valence-electron chi connectivity index (χ0n) is 22.0. The molecule has 1 aliphatic heterocycles. The largest absolute Gasteiger partial charge is 0.491 e. The molecule has 0 spiro atoms. The SMILES string of the molecule is COc1cc2c(=O)n(-c3ccc4c(cc(C)n4C(C)C)c3F)cc(C(=O)N3CCC(F)CC3)c2nc1OC. The zero-order chi connectivity index (χ0) is 27.3. The first kappa shape index (κ1) is 25.7. The Kier molecular flexibility index (Phi) is 6.58. The molecule has 0 aliphatic carbocycles. The predicted molar refractivity (Wildman–Crippen MR) is 141 cm³/mol. The summed E-state index contributed by atoms with van der Waals surface area (Å²) in [4.78, 5) is 33.4. The number of benzene rings is 1. The van der Waals surface area contributed by atoms with Crippen LogP contribution in [0.25, 0.3) is 27.5 Å². The lowest BCUT2D eigenvalue weighted by atomic mass is 10.1. The lowest BCUT2D eigenvalue weighted by molar-refractivity contribution is 0.0668. The van der Waals surface area contributed by atoms with Gasteiger partial charge in [0.1, 0.15) is 6.17 Å². The van der Waals surface area contributed by atoms with Crippen LogP contribution in [0.5, 0.6) is 11.6 Å². The van der Waals surface area contributed by atoms with E-state index in [9.17, 15) is 14.0 Å². The lowest BCUT2D eigenvalue weighted by Crippen LogP contribution is -2.39. The average Bonchev–Trinajstić information content (AvgIpc) is 3.26. The Balaban J connectivity index is 1.78. The molecule has 1 amide bonds. The van der Waals surface area contributed by atoms with Crippen molar-refractivity contribution in [2.24, 2.45) is 0 Å². The number of ether oxygens (including phenoxy) is 2. The summed E-state index contributed by atoms with van der Waals surface area (Å²) in [7, 11) is 2.82. The fourth-order valence-corrected chi connectivity index (χ4v) is 5.33. The smallest absolute Gasteiger partial charge is 0.264 e. The van der Waals surface area contributed by atoms with Crippen molar-refractivity contribution >= 4 is 27.7 Å². The Morgan fingerprint density at radius 2 is 1.82 bits per heavy atom. The van der Waals surface area contributed by atoms with Gasteiger partial charge in [-0.25, -0.2) is 13.8 Å². The Labute approximate surface area is 218 Å². The summed E-state index contributed by atoms with van der Waals surface area (Å²) in [6.45, 7) is 6.41. The van der Waals surface area contributed by atoms with Crippen LogP contribution in [0.3, 0.4) is 0 Å². The number of hydrogen-bond acceptors (Lipinski definition) is 5. The molecule has 38 heavy (non-hydrogen) atoms. The molecule has 1 aliphatic rings. The van der Waals surface area contributed by atoms with Crippen LogP contribution < -0.4 is 15.0 Å². The average molecular weight is 525 g/mol. The summed E-state index contributed by atoms with van der Waals surface area (Å²) < 4.78 is 43.6. The van der Waals surface area contributed by atoms with Gasteiger partial charge in [0.2, 0.25) is 0 Å². The first-order valence-electron chi connectivity index (χ1n) is 12.6. The molecule has 0 saturated carbocycles. The number of methoxy groups -OCH3 is 2. The standard InChI is InChI=1S/C28H30F2N4O4/c1-15(2)34-16(3)12-18-21(34)6-7-22(24(18)30)33-14-20(27(35)32-10-8-17(29)9-11-32)25-19(28(33)36)13-23(37-4)26(31-25)38-5/h6-7,12-15,17H,8-11H2,1-5H3. The van der Waals surface area contributed by atoms with E-state index < -0.39 is 23.5 Å². The van der Waals surface area contributed by atoms with E-state index in [0.717, 1.165) is 10.3 Å². The molecule has 200 valence electrons. The van der Waals surface area contributed by atoms with Gasteiger partial charge in [-0.2, -0.15) is 0 Å². The van der Waals surface area contributed by atoms with Crippen LogP contribution in [0.15, 0.2) is 35.3 Å². The van der Waals surface area contributed by atoms with E-state index >= 15 is 4.39 Å². The number of likely N-dealkylation sites (tertiary alicyclic amines) is 1. The molecule has 0 N–H and O–H groups in total. The first-order chi connectivity index (χ1) is 18.2. The summed E-state index contributed by atoms with van der Waals surface area (Å²) in [6.07, 6.45) is 0.815. The van der Waals surface area contributed by atoms with Gasteiger partial charge in [0, 0.05) is 42.5 Å². The van der Waals surface area contributed by atoms with Gasteiger partial charge in [-0.15, -0.1) is 0 Å². The quantitative estimate of drug-likeness (QED) is 0.369. The van der Waals surface area contributed by atoms with Crippen LogP contribution in [-0.2, 0) is 0 Å². The highest BCUT2D eigenvalue weighted by Crippen LogP contribution is 2.32. The number of pyridine rings is 2. The summed E-state index contributed by atoms with van der Waals surface area (Å²) in [5.41, 5.74) is 1.26. The normalized spacial score (nSPS) is 14.6. The van der Waals surface area contributed by atoms with Crippen molar-refractivity contribution < 1.29 is 23.0 Å². The van der Waals surface area contributed by atoms with Gasteiger partial charge >= 0.3 is 0 Å². The summed E-state index contributed by atoms with van der Waals surface area (Å²) >= 11 is 0. The van der Waals surface area contributed by atoms with Crippen LogP contribution in [0.2, 0.25) is 0 Å². The van der Waals surface area contributed by atoms with Crippen molar-refractivity contribution in [3.05, 3.63) is 57.9 Å². The third-order valence-corrected chi connectivity index (χ3v) is 7.18. The summed E-state index contributed by atoms with van der Waals surface area (Å²) in [6, 6.07) is 6.63. The number of halogens is 2. The molecule has 0 bridgehead atoms. The molecule has 3 aromatic heterocycles. The molecule has 0 atom stereocenters. The highest BCUT2D eigenvalue weighted by Gasteiger charge is 2.28. The number of alkyl halides is 1. The van der Waals surface area contributed by atoms with Gasteiger partial charge in [-0.3, -0.25) is 14.2 Å². The number of hydrogen-bond donors (Lipinski definition) is 0. The van der Waals surface area contributed by atoms with Gasteiger partial charge in [0.05, 0.1) is 41.9 Å². The van der Waals surface area contributed by atoms with Gasteiger partial charge in [-0.1, -0.05) is 0 Å². The van der Waals surface area contributed by atoms with Crippen molar-refractivity contribution in [1.29, 1.82) is 0 Å². The molecule has 4 aromatic rings. The van der Waals surface area contributed by atoms with Gasteiger partial charge in [0.15, 0.2) is 11.6 Å². The number of fused-ring (bicyclic) bond motifs is 2. The van der Waals surface area contributed by atoms with E-state index in [1.54, 1.807) is 18.2 Å². The maximum absolute atomic E-state index is 16.0. The molecule has 0 unspecified atom stereocenters. The van der Waals surface area contributed by atoms with E-state index in [2.05, 4.69) is 4.98 Å². The Morgan fingerprint density at radius 1 is 1.11 bits per heavy atom. The van der Waals surface area contributed by atoms with Crippen LogP contribution in [0, 0.1) is 12.7 Å². The van der Waals surface area contributed by atoms with Crippen LogP contribution in [-0.4, -0.2) is 58.4 Å². The highest BCUT2D eigenvalue weighted by atomic mass is 19.1. The summed E-state index contributed by atoms with van der Waals surface area (Å²) in [5, 5.41) is 0.452. The molecule has 1 aromatic carbocycles. The third-order valence-electron chi connectivity index (χ3n) is 7.18. The van der Waals surface area contributed by atoms with E-state index in [0.29, 0.717) is 10.9 Å². The molecule has 0 radical (unpaired) electrons. The highest BCUT2D eigenvalue weighted by molar-refractivity contribution is 6.05. The van der Waals surface area contributed by atoms with E-state index in [1.807, 2.05) is 25.3 Å². The number of amides is 1. The number of nitrogens with zero attached hydrogens (tertiary/aromatic N) is 4. The molecular formula is C28H30F2N4O4. The van der Waals surface area contributed by atoms with E-state index in [-0.39, 0.29) is 65.8 Å². The van der Waals surface area contributed by atoms with Crippen molar-refractivity contribution in [3.63, 3.8) is 0 Å². The van der Waals surface area contributed by atoms with Crippen molar-refractivity contribution in [1.82, 2.24) is 19.0 Å². The van der Waals surface area contributed by atoms with E-state index in [4.69, 9.17) is 9.47 Å². The second-order valence-electron chi connectivity index (χ2n) is 9.86. The number of aryl methyl sites for hydroxylation is 1. The monoisotopic (exact) mass is 524 g/mol. The van der Waals surface area contributed by atoms with Gasteiger partial charge < -0.3 is 18.9 Å². The minimum absolute atomic E-state index is 0.0107. The molecule has 8 nitrogen and oxygen atoms in total. The molecule has 1 fully saturated rings. The van der Waals surface area contributed by atoms with Gasteiger partial charge in [-0.05, 0) is 51.8 Å². The number of carbonyl (C=O) groups excluding carboxylic acids is 1. The minimum Gasteiger partial charge on any atom is -0.491 e. The Morgan fingerprint density at radius 3 is 2.45 bits per heavy atom. The van der Waals surface area contributed by atoms with Crippen molar-refractivity contribution in [2.45, 2.75) is 45.8 Å². The topological polar surface area (TPSA) is 78.6 Å². The fraction of sp³-hybridized carbons (Fsp3) is 0.393. The Bertz CT molecular complexity index is 1620. The molecule has 10 heteroatoms. The second kappa shape index (κ2) is 9.74. The third kappa shape index (κ3) is 4.08. The maximum atomic E-state index is 16.0. The molecule has 1 saturated heterocycles. The molecule has 5 rings (SSSR count). The maximum Gasteiger partial charge on any atom is 0.264 e. The fourth-order valence-electron chi connectivity index (χ4n) is 5.33. The second-order valence-corrected chi connectivity index (χ2v) is 9.86. The number of aromatic nitrogens is 3. The van der Waals surface area contributed by atoms with Crippen molar-refractivity contribution in [3.8, 4) is 17.3 Å². The first-order valence-corrected chi connectivity index (χ1v) is 12.6. The van der Waals surface area contributed by atoms with E-state index in [1.165, 1.54) is 31.4 Å². The number of piperidine rings is 1. The van der Waals surface area contributed by atoms with Gasteiger partial charge in [0.25, 0.3) is 17.3 Å². The predicted octanol–water partition coefficient (Wildman–Crippen LogP) is 4.96. The zero-order valence-corrected chi connectivity index (χ0v) is 22.0. The van der Waals surface area contributed by atoms with Crippen LogP contribution in [0.1, 0.15) is 48.8 Å². The minimum atomic E-state index is -0.963. The Hall–Kier alpha value is -3.95.